The van der Waals surface area contributed by atoms with Crippen molar-refractivity contribution >= 4 is 17.2 Å². The fourth-order valence-corrected chi connectivity index (χ4v) is 2.20. The molecule has 0 aromatic heterocycles. The van der Waals surface area contributed by atoms with Gasteiger partial charge in [-0.05, 0) is 43.1 Å². The van der Waals surface area contributed by atoms with Gasteiger partial charge in [0, 0.05) is 18.2 Å². The zero-order valence-electron chi connectivity index (χ0n) is 12.3. The van der Waals surface area contributed by atoms with Crippen LogP contribution in [0.1, 0.15) is 38.8 Å². The van der Waals surface area contributed by atoms with E-state index in [4.69, 9.17) is 18.0 Å². The van der Waals surface area contributed by atoms with Crippen LogP contribution in [-0.2, 0) is 6.54 Å². The molecule has 0 bridgehead atoms. The van der Waals surface area contributed by atoms with E-state index in [1.807, 2.05) is 7.05 Å². The Hall–Kier alpha value is -1.00. The van der Waals surface area contributed by atoms with Crippen LogP contribution < -0.4 is 5.73 Å². The highest BCUT2D eigenvalue weighted by molar-refractivity contribution is 7.80. The third kappa shape index (κ3) is 4.25. The first-order valence-electron chi connectivity index (χ1n) is 6.41. The van der Waals surface area contributed by atoms with Crippen LogP contribution in [0.5, 0.6) is 0 Å². The average Bonchev–Trinajstić information content (AvgIpc) is 2.26. The number of nitrogens with zero attached hydrogens (tertiary/aromatic N) is 1. The summed E-state index contributed by atoms with van der Waals surface area (Å²) in [5.74, 6) is -0.258. The lowest BCUT2D eigenvalue weighted by Crippen LogP contribution is -2.39. The van der Waals surface area contributed by atoms with Crippen LogP contribution in [0.25, 0.3) is 0 Å². The molecule has 0 fully saturated rings. The van der Waals surface area contributed by atoms with Crippen molar-refractivity contribution in [2.24, 2.45) is 11.1 Å². The van der Waals surface area contributed by atoms with Crippen molar-refractivity contribution in [2.45, 2.75) is 40.3 Å². The monoisotopic (exact) mass is 282 g/mol. The van der Waals surface area contributed by atoms with E-state index in [1.54, 1.807) is 6.07 Å². The Labute approximate surface area is 120 Å². The lowest BCUT2D eigenvalue weighted by Gasteiger charge is -2.35. The number of hydrogen-bond donors (Lipinski definition) is 1. The first-order valence-corrected chi connectivity index (χ1v) is 6.82. The molecule has 2 nitrogen and oxygen atoms in total. The molecular formula is C15H23FN2S. The van der Waals surface area contributed by atoms with Gasteiger partial charge in [0.25, 0.3) is 0 Å². The Morgan fingerprint density at radius 2 is 2.00 bits per heavy atom. The molecule has 0 aliphatic rings. The Balaban J connectivity index is 2.99. The van der Waals surface area contributed by atoms with E-state index in [2.05, 4.69) is 32.6 Å². The number of halogens is 1. The van der Waals surface area contributed by atoms with Crippen LogP contribution in [0.15, 0.2) is 18.2 Å². The standard InChI is InChI=1S/C15H23FN2S/c1-10(15(2,3)4)18(5)9-11-8-12(16)6-7-13(11)14(17)19/h6-8,10H,9H2,1-5H3,(H2,17,19). The van der Waals surface area contributed by atoms with Crippen molar-refractivity contribution in [3.05, 3.63) is 35.1 Å². The second kappa shape index (κ2) is 5.97. The smallest absolute Gasteiger partial charge is 0.123 e. The third-order valence-corrected chi connectivity index (χ3v) is 3.89. The normalized spacial score (nSPS) is 13.6. The van der Waals surface area contributed by atoms with Crippen LogP contribution in [0, 0.1) is 11.2 Å². The highest BCUT2D eigenvalue weighted by Gasteiger charge is 2.24. The summed E-state index contributed by atoms with van der Waals surface area (Å²) in [6.07, 6.45) is 0. The predicted molar refractivity (Wildman–Crippen MR) is 82.7 cm³/mol. The summed E-state index contributed by atoms with van der Waals surface area (Å²) in [5.41, 5.74) is 7.44. The summed E-state index contributed by atoms with van der Waals surface area (Å²) in [4.78, 5) is 2.50. The van der Waals surface area contributed by atoms with Crippen LogP contribution >= 0.6 is 12.2 Å². The molecule has 0 heterocycles. The minimum Gasteiger partial charge on any atom is -0.389 e. The number of hydrogen-bond acceptors (Lipinski definition) is 2. The van der Waals surface area contributed by atoms with E-state index in [1.165, 1.54) is 12.1 Å². The van der Waals surface area contributed by atoms with Gasteiger partial charge in [-0.3, -0.25) is 4.90 Å². The minimum atomic E-state index is -0.258. The molecule has 0 aliphatic heterocycles. The Morgan fingerprint density at radius 1 is 1.42 bits per heavy atom. The molecule has 0 saturated heterocycles. The van der Waals surface area contributed by atoms with E-state index in [9.17, 15) is 4.39 Å². The van der Waals surface area contributed by atoms with Gasteiger partial charge in [-0.2, -0.15) is 0 Å². The molecule has 1 aromatic rings. The van der Waals surface area contributed by atoms with Crippen LogP contribution in [0.4, 0.5) is 4.39 Å². The van der Waals surface area contributed by atoms with Gasteiger partial charge in [-0.25, -0.2) is 4.39 Å². The van der Waals surface area contributed by atoms with Crippen LogP contribution in [0.2, 0.25) is 0 Å². The maximum Gasteiger partial charge on any atom is 0.123 e. The highest BCUT2D eigenvalue weighted by atomic mass is 32.1. The molecular weight excluding hydrogens is 259 g/mol. The molecule has 0 aliphatic carbocycles. The van der Waals surface area contributed by atoms with E-state index in [0.717, 1.165) is 11.1 Å². The molecule has 1 unspecified atom stereocenters. The second-order valence-corrected chi connectivity index (χ2v) is 6.56. The summed E-state index contributed by atoms with van der Waals surface area (Å²) in [6, 6.07) is 4.92. The molecule has 4 heteroatoms. The largest absolute Gasteiger partial charge is 0.389 e. The van der Waals surface area contributed by atoms with Gasteiger partial charge in [-0.15, -0.1) is 0 Å². The molecule has 0 saturated carbocycles. The van der Waals surface area contributed by atoms with Crippen molar-refractivity contribution in [1.82, 2.24) is 4.90 Å². The lowest BCUT2D eigenvalue weighted by atomic mass is 9.87. The molecule has 0 spiro atoms. The summed E-state index contributed by atoms with van der Waals surface area (Å²) in [7, 11) is 2.03. The maximum absolute atomic E-state index is 13.4. The van der Waals surface area contributed by atoms with Gasteiger partial charge >= 0.3 is 0 Å². The summed E-state index contributed by atoms with van der Waals surface area (Å²) >= 11 is 5.02. The van der Waals surface area contributed by atoms with Gasteiger partial charge in [0.15, 0.2) is 0 Å². The SMILES string of the molecule is CC(N(C)Cc1cc(F)ccc1C(N)=S)C(C)(C)C. The molecule has 2 N–H and O–H groups in total. The van der Waals surface area contributed by atoms with E-state index in [-0.39, 0.29) is 11.2 Å². The first kappa shape index (κ1) is 16.1. The molecule has 1 rings (SSSR count). The topological polar surface area (TPSA) is 29.3 Å². The fraction of sp³-hybridized carbons (Fsp3) is 0.533. The van der Waals surface area contributed by atoms with E-state index < -0.39 is 0 Å². The summed E-state index contributed by atoms with van der Waals surface area (Å²) in [5, 5.41) is 0. The molecule has 0 amide bonds. The third-order valence-electron chi connectivity index (χ3n) is 3.67. The number of benzene rings is 1. The number of thiocarbonyl (C=S) groups is 1. The molecule has 106 valence electrons. The zero-order valence-corrected chi connectivity index (χ0v) is 13.1. The predicted octanol–water partition coefficient (Wildman–Crippen LogP) is 3.33. The second-order valence-electron chi connectivity index (χ2n) is 6.12. The fourth-order valence-electron chi connectivity index (χ4n) is 2.00. The summed E-state index contributed by atoms with van der Waals surface area (Å²) < 4.78 is 13.4. The van der Waals surface area contributed by atoms with Crippen molar-refractivity contribution in [1.29, 1.82) is 0 Å². The van der Waals surface area contributed by atoms with Crippen molar-refractivity contribution in [3.8, 4) is 0 Å². The Kier molecular flexibility index (Phi) is 5.04. The summed E-state index contributed by atoms with van der Waals surface area (Å²) in [6.45, 7) is 9.36. The van der Waals surface area contributed by atoms with Gasteiger partial charge < -0.3 is 5.73 Å². The molecule has 1 aromatic carbocycles. The first-order chi connectivity index (χ1) is 8.62. The molecule has 19 heavy (non-hydrogen) atoms. The average molecular weight is 282 g/mol. The van der Waals surface area contributed by atoms with Gasteiger partial charge in [0.2, 0.25) is 0 Å². The Morgan fingerprint density at radius 3 is 2.47 bits per heavy atom. The van der Waals surface area contributed by atoms with Gasteiger partial charge in [0.1, 0.15) is 10.8 Å². The van der Waals surface area contributed by atoms with Crippen LogP contribution in [-0.4, -0.2) is 23.0 Å². The lowest BCUT2D eigenvalue weighted by molar-refractivity contribution is 0.134. The number of rotatable bonds is 4. The molecule has 0 radical (unpaired) electrons. The minimum absolute atomic E-state index is 0.158. The van der Waals surface area contributed by atoms with E-state index >= 15 is 0 Å². The van der Waals surface area contributed by atoms with Gasteiger partial charge in [-0.1, -0.05) is 33.0 Å². The highest BCUT2D eigenvalue weighted by Crippen LogP contribution is 2.25. The Bertz CT molecular complexity index is 466. The van der Waals surface area contributed by atoms with Crippen molar-refractivity contribution in [3.63, 3.8) is 0 Å². The van der Waals surface area contributed by atoms with Gasteiger partial charge in [0.05, 0.1) is 0 Å². The van der Waals surface area contributed by atoms with E-state index in [0.29, 0.717) is 17.6 Å². The quantitative estimate of drug-likeness (QED) is 0.859. The van der Waals surface area contributed by atoms with Crippen molar-refractivity contribution < 1.29 is 4.39 Å². The number of nitrogens with two attached hydrogens (primary N) is 1. The van der Waals surface area contributed by atoms with Crippen molar-refractivity contribution in [2.75, 3.05) is 7.05 Å². The molecule has 1 atom stereocenters. The zero-order chi connectivity index (χ0) is 14.8. The maximum atomic E-state index is 13.4. The van der Waals surface area contributed by atoms with Crippen LogP contribution in [0.3, 0.4) is 0 Å².